The third-order valence-corrected chi connectivity index (χ3v) is 4.03. The van der Waals surface area contributed by atoms with Gasteiger partial charge in [0.25, 0.3) is 0 Å². The minimum Gasteiger partial charge on any atom is -0.506 e. The molecule has 0 aliphatic rings. The molecule has 1 aromatic heterocycles. The van der Waals surface area contributed by atoms with Gasteiger partial charge in [0.15, 0.2) is 5.56 Å². The normalized spacial score (nSPS) is 11.0. The van der Waals surface area contributed by atoms with Gasteiger partial charge in [-0.15, -0.1) is 0 Å². The third kappa shape index (κ3) is 2.08. The molecule has 116 valence electrons. The second kappa shape index (κ2) is 5.35. The van der Waals surface area contributed by atoms with E-state index < -0.39 is 11.4 Å². The van der Waals surface area contributed by atoms with Crippen LogP contribution in [0.4, 0.5) is 0 Å². The summed E-state index contributed by atoms with van der Waals surface area (Å²) in [5, 5.41) is 12.5. The largest absolute Gasteiger partial charge is 0.506 e. The molecule has 0 atom stereocenters. The molecule has 0 spiro atoms. The Labute approximate surface area is 136 Å². The van der Waals surface area contributed by atoms with Crippen molar-refractivity contribution < 1.29 is 14.3 Å². The zero-order valence-electron chi connectivity index (χ0n) is 12.5. The van der Waals surface area contributed by atoms with Crippen LogP contribution in [0, 0.1) is 0 Å². The highest BCUT2D eigenvalue weighted by atomic mass is 16.4. The van der Waals surface area contributed by atoms with E-state index in [1.54, 1.807) is 42.5 Å². The van der Waals surface area contributed by atoms with Crippen molar-refractivity contribution >= 4 is 27.5 Å². The van der Waals surface area contributed by atoms with Gasteiger partial charge in [-0.3, -0.25) is 4.79 Å². The van der Waals surface area contributed by atoms with Gasteiger partial charge in [-0.25, -0.2) is 4.79 Å². The first kappa shape index (κ1) is 14.2. The summed E-state index contributed by atoms with van der Waals surface area (Å²) < 4.78 is 5.39. The second-order valence-electron chi connectivity index (χ2n) is 5.47. The summed E-state index contributed by atoms with van der Waals surface area (Å²) in [5.41, 5.74) is -0.588. The van der Waals surface area contributed by atoms with Gasteiger partial charge >= 0.3 is 5.63 Å². The van der Waals surface area contributed by atoms with Gasteiger partial charge < -0.3 is 9.52 Å². The van der Waals surface area contributed by atoms with Gasteiger partial charge in [-0.05, 0) is 11.5 Å². The molecule has 4 rings (SSSR count). The number of carbonyl (C=O) groups excluding carboxylic acids is 1. The molecule has 0 unspecified atom stereocenters. The zero-order valence-corrected chi connectivity index (χ0v) is 12.5. The molecule has 0 aliphatic heterocycles. The van der Waals surface area contributed by atoms with E-state index in [2.05, 4.69) is 0 Å². The highest BCUT2D eigenvalue weighted by Crippen LogP contribution is 2.32. The average molecular weight is 316 g/mol. The topological polar surface area (TPSA) is 67.5 Å². The summed E-state index contributed by atoms with van der Waals surface area (Å²) in [5.74, 6) is -0.905. The molecule has 1 heterocycles. The average Bonchev–Trinajstić information content (AvgIpc) is 2.62. The molecule has 0 amide bonds. The Morgan fingerprint density at radius 1 is 0.833 bits per heavy atom. The summed E-state index contributed by atoms with van der Waals surface area (Å²) in [6.45, 7) is 0. The fourth-order valence-electron chi connectivity index (χ4n) is 2.85. The van der Waals surface area contributed by atoms with Crippen molar-refractivity contribution in [1.29, 1.82) is 0 Å². The van der Waals surface area contributed by atoms with E-state index in [-0.39, 0.29) is 16.9 Å². The number of hydrogen-bond acceptors (Lipinski definition) is 4. The molecule has 4 heteroatoms. The van der Waals surface area contributed by atoms with Crippen molar-refractivity contribution in [2.24, 2.45) is 0 Å². The first-order valence-corrected chi connectivity index (χ1v) is 7.44. The summed E-state index contributed by atoms with van der Waals surface area (Å²) in [7, 11) is 0. The lowest BCUT2D eigenvalue weighted by molar-refractivity contribution is 0.103. The van der Waals surface area contributed by atoms with Gasteiger partial charge in [0.1, 0.15) is 11.3 Å². The molecule has 24 heavy (non-hydrogen) atoms. The Kier molecular flexibility index (Phi) is 3.17. The van der Waals surface area contributed by atoms with Crippen LogP contribution in [-0.4, -0.2) is 10.9 Å². The van der Waals surface area contributed by atoms with Crippen LogP contribution in [-0.2, 0) is 0 Å². The molecule has 4 aromatic rings. The molecule has 0 bridgehead atoms. The van der Waals surface area contributed by atoms with Crippen LogP contribution in [0.25, 0.3) is 21.7 Å². The first-order valence-electron chi connectivity index (χ1n) is 7.44. The van der Waals surface area contributed by atoms with Gasteiger partial charge in [-0.1, -0.05) is 60.7 Å². The van der Waals surface area contributed by atoms with E-state index in [4.69, 9.17) is 4.42 Å². The Hall–Kier alpha value is -3.40. The fourth-order valence-corrected chi connectivity index (χ4v) is 2.85. The van der Waals surface area contributed by atoms with Crippen molar-refractivity contribution in [3.05, 3.63) is 88.3 Å². The van der Waals surface area contributed by atoms with Gasteiger partial charge in [0.05, 0.1) is 5.39 Å². The van der Waals surface area contributed by atoms with E-state index >= 15 is 0 Å². The van der Waals surface area contributed by atoms with Gasteiger partial charge in [0, 0.05) is 10.9 Å². The molecule has 0 saturated heterocycles. The summed E-state index contributed by atoms with van der Waals surface area (Å²) >= 11 is 0. The van der Waals surface area contributed by atoms with E-state index in [9.17, 15) is 14.7 Å². The van der Waals surface area contributed by atoms with Crippen LogP contribution in [0.2, 0.25) is 0 Å². The lowest BCUT2D eigenvalue weighted by Crippen LogP contribution is -2.15. The molecular weight excluding hydrogens is 304 g/mol. The maximum absolute atomic E-state index is 12.6. The standard InChI is InChI=1S/C20H12O4/c21-17(13-7-2-1-3-8-13)16-18(22)15-11-10-12-6-4-5-9-14(12)19(15)24-20(16)23/h1-11,22H. The predicted octanol–water partition coefficient (Wildman–Crippen LogP) is 3.88. The Bertz CT molecular complexity index is 1140. The third-order valence-electron chi connectivity index (χ3n) is 4.03. The predicted molar refractivity (Wildman–Crippen MR) is 91.5 cm³/mol. The Morgan fingerprint density at radius 2 is 1.54 bits per heavy atom. The molecule has 0 saturated carbocycles. The van der Waals surface area contributed by atoms with Crippen LogP contribution in [0.3, 0.4) is 0 Å². The number of benzene rings is 3. The maximum atomic E-state index is 12.6. The van der Waals surface area contributed by atoms with E-state index in [1.165, 1.54) is 0 Å². The van der Waals surface area contributed by atoms with Crippen LogP contribution < -0.4 is 5.63 Å². The van der Waals surface area contributed by atoms with Crippen LogP contribution in [0.15, 0.2) is 75.9 Å². The van der Waals surface area contributed by atoms with Crippen molar-refractivity contribution in [2.45, 2.75) is 0 Å². The van der Waals surface area contributed by atoms with Crippen molar-refractivity contribution in [2.75, 3.05) is 0 Å². The van der Waals surface area contributed by atoms with Crippen LogP contribution in [0.5, 0.6) is 5.75 Å². The highest BCUT2D eigenvalue weighted by molar-refractivity contribution is 6.14. The first-order chi connectivity index (χ1) is 11.7. The minimum absolute atomic E-state index is 0.278. The number of hydrogen-bond donors (Lipinski definition) is 1. The number of rotatable bonds is 2. The lowest BCUT2D eigenvalue weighted by Gasteiger charge is -2.08. The quantitative estimate of drug-likeness (QED) is 0.346. The molecule has 1 N–H and O–H groups in total. The van der Waals surface area contributed by atoms with Gasteiger partial charge in [0.2, 0.25) is 5.78 Å². The lowest BCUT2D eigenvalue weighted by atomic mass is 10.0. The molecule has 0 aliphatic carbocycles. The smallest absolute Gasteiger partial charge is 0.351 e. The molecule has 0 radical (unpaired) electrons. The van der Waals surface area contributed by atoms with Crippen molar-refractivity contribution in [3.8, 4) is 5.75 Å². The molecular formula is C20H12O4. The Balaban J connectivity index is 2.04. The summed E-state index contributed by atoms with van der Waals surface area (Å²) in [4.78, 5) is 24.9. The molecule has 3 aromatic carbocycles. The van der Waals surface area contributed by atoms with E-state index in [1.807, 2.05) is 24.3 Å². The maximum Gasteiger partial charge on any atom is 0.351 e. The van der Waals surface area contributed by atoms with Crippen molar-refractivity contribution in [1.82, 2.24) is 0 Å². The zero-order chi connectivity index (χ0) is 16.7. The molecule has 4 nitrogen and oxygen atoms in total. The monoisotopic (exact) mass is 316 g/mol. The minimum atomic E-state index is -0.842. The van der Waals surface area contributed by atoms with E-state index in [0.717, 1.165) is 5.39 Å². The second-order valence-corrected chi connectivity index (χ2v) is 5.47. The highest BCUT2D eigenvalue weighted by Gasteiger charge is 2.22. The number of carbonyl (C=O) groups is 1. The number of aromatic hydroxyl groups is 1. The summed E-state index contributed by atoms with van der Waals surface area (Å²) in [6, 6.07) is 19.2. The van der Waals surface area contributed by atoms with Gasteiger partial charge in [-0.2, -0.15) is 0 Å². The van der Waals surface area contributed by atoms with Crippen molar-refractivity contribution in [3.63, 3.8) is 0 Å². The number of fused-ring (bicyclic) bond motifs is 3. The van der Waals surface area contributed by atoms with Crippen LogP contribution in [0.1, 0.15) is 15.9 Å². The number of ketones is 1. The SMILES string of the molecule is O=C(c1ccccc1)c1c(O)c2ccc3ccccc3c2oc1=O. The fraction of sp³-hybridized carbons (Fsp3) is 0. The Morgan fingerprint density at radius 3 is 2.33 bits per heavy atom. The van der Waals surface area contributed by atoms with E-state index in [0.29, 0.717) is 16.3 Å². The summed E-state index contributed by atoms with van der Waals surface area (Å²) in [6.07, 6.45) is 0. The molecule has 0 fully saturated rings. The van der Waals surface area contributed by atoms with Crippen LogP contribution >= 0.6 is 0 Å².